The van der Waals surface area contributed by atoms with E-state index in [0.29, 0.717) is 6.61 Å². The Bertz CT molecular complexity index is 1010. The number of carbonyl (C=O) groups is 1. The zero-order valence-corrected chi connectivity index (χ0v) is 15.7. The third kappa shape index (κ3) is 4.01. The topological polar surface area (TPSA) is 75.8 Å². The Morgan fingerprint density at radius 2 is 1.93 bits per heavy atom. The van der Waals surface area contributed by atoms with Gasteiger partial charge in [-0.2, -0.15) is 5.10 Å². The number of nitrogens with one attached hydrogen (secondary N) is 1. The van der Waals surface area contributed by atoms with Crippen LogP contribution in [-0.2, 0) is 11.3 Å². The van der Waals surface area contributed by atoms with Crippen molar-refractivity contribution in [3.63, 3.8) is 0 Å². The van der Waals surface area contributed by atoms with Gasteiger partial charge in [-0.3, -0.25) is 4.79 Å². The van der Waals surface area contributed by atoms with Crippen LogP contribution < -0.4 is 5.43 Å². The van der Waals surface area contributed by atoms with E-state index in [9.17, 15) is 9.90 Å². The molecular weight excluding hydrogens is 342 g/mol. The van der Waals surface area contributed by atoms with Gasteiger partial charge in [0.25, 0.3) is 5.91 Å². The Morgan fingerprint density at radius 3 is 2.63 bits per heavy atom. The molecule has 0 fully saturated rings. The normalized spacial score (nSPS) is 11.4. The summed E-state index contributed by atoms with van der Waals surface area (Å²) in [6.07, 6.45) is 1.61. The Labute approximate surface area is 158 Å². The maximum atomic E-state index is 12.4. The van der Waals surface area contributed by atoms with Gasteiger partial charge in [0.05, 0.1) is 18.4 Å². The highest BCUT2D eigenvalue weighted by molar-refractivity contribution is 6.01. The average molecular weight is 365 g/mol. The van der Waals surface area contributed by atoms with E-state index in [1.165, 1.54) is 0 Å². The van der Waals surface area contributed by atoms with E-state index >= 15 is 0 Å². The lowest BCUT2D eigenvalue weighted by atomic mass is 10.1. The first kappa shape index (κ1) is 18.7. The molecule has 0 aliphatic heterocycles. The predicted molar refractivity (Wildman–Crippen MR) is 106 cm³/mol. The SMILES string of the molecule is COCCn1c(C)cc(/C=N/NC(=O)c2cc3ccccc3cc2O)c1C. The zero-order valence-electron chi connectivity index (χ0n) is 15.7. The highest BCUT2D eigenvalue weighted by Crippen LogP contribution is 2.24. The summed E-state index contributed by atoms with van der Waals surface area (Å²) in [4.78, 5) is 12.4. The number of aryl methyl sites for hydroxylation is 1. The van der Waals surface area contributed by atoms with Crippen LogP contribution in [0.4, 0.5) is 0 Å². The van der Waals surface area contributed by atoms with E-state index in [1.54, 1.807) is 25.5 Å². The van der Waals surface area contributed by atoms with Crippen LogP contribution in [0.15, 0.2) is 47.6 Å². The number of ether oxygens (including phenoxy) is 1. The fourth-order valence-electron chi connectivity index (χ4n) is 3.12. The summed E-state index contributed by atoms with van der Waals surface area (Å²) in [6, 6.07) is 12.8. The molecule has 1 amide bonds. The maximum absolute atomic E-state index is 12.4. The largest absolute Gasteiger partial charge is 0.507 e. The molecule has 27 heavy (non-hydrogen) atoms. The van der Waals surface area contributed by atoms with Crippen LogP contribution in [-0.4, -0.2) is 35.5 Å². The summed E-state index contributed by atoms with van der Waals surface area (Å²) in [5, 5.41) is 15.9. The number of hydrazone groups is 1. The number of aromatic nitrogens is 1. The van der Waals surface area contributed by atoms with Gasteiger partial charge < -0.3 is 14.4 Å². The van der Waals surface area contributed by atoms with Gasteiger partial charge in [0.15, 0.2) is 0 Å². The standard InChI is InChI=1S/C21H23N3O3/c1-14-10-18(15(2)24(14)8-9-27-3)13-22-23-21(26)19-11-16-6-4-5-7-17(16)12-20(19)25/h4-7,10-13,25H,8-9H2,1-3H3,(H,23,26)/b22-13+. The molecule has 0 spiro atoms. The third-order valence-corrected chi connectivity index (χ3v) is 4.61. The van der Waals surface area contributed by atoms with Crippen LogP contribution in [0.25, 0.3) is 10.8 Å². The van der Waals surface area contributed by atoms with Gasteiger partial charge in [-0.25, -0.2) is 5.43 Å². The first-order chi connectivity index (χ1) is 13.0. The second-order valence-corrected chi connectivity index (χ2v) is 6.39. The molecule has 6 heteroatoms. The van der Waals surface area contributed by atoms with Crippen molar-refractivity contribution in [3.8, 4) is 5.75 Å². The highest BCUT2D eigenvalue weighted by atomic mass is 16.5. The van der Waals surface area contributed by atoms with Gasteiger partial charge in [-0.05, 0) is 42.8 Å². The summed E-state index contributed by atoms with van der Waals surface area (Å²) in [7, 11) is 1.67. The summed E-state index contributed by atoms with van der Waals surface area (Å²) >= 11 is 0. The molecule has 6 nitrogen and oxygen atoms in total. The van der Waals surface area contributed by atoms with Gasteiger partial charge >= 0.3 is 0 Å². The van der Waals surface area contributed by atoms with Crippen molar-refractivity contribution < 1.29 is 14.6 Å². The van der Waals surface area contributed by atoms with E-state index < -0.39 is 5.91 Å². The Hall–Kier alpha value is -3.12. The van der Waals surface area contributed by atoms with E-state index in [4.69, 9.17) is 4.74 Å². The lowest BCUT2D eigenvalue weighted by Crippen LogP contribution is -2.17. The quantitative estimate of drug-likeness (QED) is 0.519. The van der Waals surface area contributed by atoms with E-state index in [2.05, 4.69) is 15.1 Å². The highest BCUT2D eigenvalue weighted by Gasteiger charge is 2.12. The molecule has 0 unspecified atom stereocenters. The number of phenolic OH excluding ortho intramolecular Hbond substituents is 1. The molecule has 0 aliphatic carbocycles. The van der Waals surface area contributed by atoms with Crippen molar-refractivity contribution >= 4 is 22.9 Å². The molecule has 0 radical (unpaired) electrons. The number of hydrogen-bond acceptors (Lipinski definition) is 4. The molecule has 0 aliphatic rings. The van der Waals surface area contributed by atoms with E-state index in [-0.39, 0.29) is 11.3 Å². The fourth-order valence-corrected chi connectivity index (χ4v) is 3.12. The lowest BCUT2D eigenvalue weighted by molar-refractivity contribution is 0.0952. The van der Waals surface area contributed by atoms with Crippen LogP contribution in [0, 0.1) is 13.8 Å². The number of phenols is 1. The van der Waals surface area contributed by atoms with Crippen LogP contribution >= 0.6 is 0 Å². The van der Waals surface area contributed by atoms with Gasteiger partial charge in [-0.1, -0.05) is 24.3 Å². The van der Waals surface area contributed by atoms with Gasteiger partial charge in [0.2, 0.25) is 0 Å². The average Bonchev–Trinajstić information content (AvgIpc) is 2.92. The number of nitrogens with zero attached hydrogens (tertiary/aromatic N) is 2. The molecule has 0 saturated heterocycles. The molecule has 2 N–H and O–H groups in total. The van der Waals surface area contributed by atoms with Crippen molar-refractivity contribution in [3.05, 3.63) is 65.0 Å². The number of fused-ring (bicyclic) bond motifs is 1. The maximum Gasteiger partial charge on any atom is 0.275 e. The molecule has 3 aromatic rings. The van der Waals surface area contributed by atoms with Crippen molar-refractivity contribution in [2.45, 2.75) is 20.4 Å². The number of amides is 1. The monoisotopic (exact) mass is 365 g/mol. The lowest BCUT2D eigenvalue weighted by Gasteiger charge is -2.08. The molecule has 0 atom stereocenters. The minimum Gasteiger partial charge on any atom is -0.507 e. The molecule has 1 aromatic heterocycles. The van der Waals surface area contributed by atoms with Gasteiger partial charge in [0, 0.05) is 30.6 Å². The molecule has 0 saturated carbocycles. The minimum atomic E-state index is -0.456. The van der Waals surface area contributed by atoms with Crippen molar-refractivity contribution in [1.29, 1.82) is 0 Å². The molecule has 1 heterocycles. The number of aromatic hydroxyl groups is 1. The molecular formula is C21H23N3O3. The van der Waals surface area contributed by atoms with Gasteiger partial charge in [0.1, 0.15) is 5.75 Å². The predicted octanol–water partition coefficient (Wildman–Crippen LogP) is 3.37. The minimum absolute atomic E-state index is 0.0702. The number of hydrogen-bond donors (Lipinski definition) is 2. The Kier molecular flexibility index (Phi) is 5.57. The summed E-state index contributed by atoms with van der Waals surface area (Å²) < 4.78 is 7.27. The first-order valence-electron chi connectivity index (χ1n) is 8.72. The number of rotatable bonds is 6. The number of methoxy groups -OCH3 is 1. The second-order valence-electron chi connectivity index (χ2n) is 6.39. The van der Waals surface area contributed by atoms with Crippen molar-refractivity contribution in [1.82, 2.24) is 9.99 Å². The van der Waals surface area contributed by atoms with Crippen LogP contribution in [0.3, 0.4) is 0 Å². The van der Waals surface area contributed by atoms with Crippen molar-refractivity contribution in [2.75, 3.05) is 13.7 Å². The third-order valence-electron chi connectivity index (χ3n) is 4.61. The summed E-state index contributed by atoms with van der Waals surface area (Å²) in [6.45, 7) is 5.41. The molecule has 0 bridgehead atoms. The number of benzene rings is 2. The van der Waals surface area contributed by atoms with E-state index in [0.717, 1.165) is 34.3 Å². The summed E-state index contributed by atoms with van der Waals surface area (Å²) in [5.74, 6) is -0.526. The molecule has 2 aromatic carbocycles. The Balaban J connectivity index is 1.75. The first-order valence-corrected chi connectivity index (χ1v) is 8.72. The second kappa shape index (κ2) is 8.05. The van der Waals surface area contributed by atoms with Gasteiger partial charge in [-0.15, -0.1) is 0 Å². The molecule has 3 rings (SSSR count). The van der Waals surface area contributed by atoms with Crippen LogP contribution in [0.2, 0.25) is 0 Å². The van der Waals surface area contributed by atoms with Crippen molar-refractivity contribution in [2.24, 2.45) is 5.10 Å². The Morgan fingerprint density at radius 1 is 1.22 bits per heavy atom. The molecule has 140 valence electrons. The van der Waals surface area contributed by atoms with Crippen LogP contribution in [0.1, 0.15) is 27.3 Å². The smallest absolute Gasteiger partial charge is 0.275 e. The van der Waals surface area contributed by atoms with Crippen LogP contribution in [0.5, 0.6) is 5.75 Å². The number of carbonyl (C=O) groups excluding carboxylic acids is 1. The zero-order chi connectivity index (χ0) is 19.4. The summed E-state index contributed by atoms with van der Waals surface area (Å²) in [5.41, 5.74) is 5.76. The van der Waals surface area contributed by atoms with E-state index in [1.807, 2.05) is 44.2 Å². The fraction of sp³-hybridized carbons (Fsp3) is 0.238.